The fraction of sp³-hybridized carbons (Fsp3) is 0.143. The summed E-state index contributed by atoms with van der Waals surface area (Å²) >= 11 is 6.07. The summed E-state index contributed by atoms with van der Waals surface area (Å²) < 4.78 is 6.86. The molecule has 0 aliphatic rings. The first-order valence-corrected chi connectivity index (χ1v) is 9.17. The van der Waals surface area contributed by atoms with Crippen LogP contribution in [0.5, 0.6) is 5.75 Å². The van der Waals surface area contributed by atoms with Crippen LogP contribution >= 0.6 is 11.6 Å². The number of ether oxygens (including phenoxy) is 1. The molecule has 3 rings (SSSR count). The Labute approximate surface area is 184 Å². The normalized spacial score (nSPS) is 10.1. The van der Waals surface area contributed by atoms with E-state index in [4.69, 9.17) is 16.3 Å². The number of nitro groups is 1. The van der Waals surface area contributed by atoms with Crippen molar-refractivity contribution in [2.75, 3.05) is 12.4 Å². The Morgan fingerprint density at radius 1 is 1.10 bits per heavy atom. The van der Waals surface area contributed by atoms with Crippen LogP contribution in [0, 0.1) is 10.1 Å². The standard InChI is InChI=1S/C21H18ClN3O4.ClH/c1-29-20-7-4-17(13-19(20)22)23-21(26)14-24-10-8-16(9-11-24)12-15-2-5-18(6-3-15)25(27)28;/h2-11,13H,12,14H2,1H3;1H. The number of carbonyl (C=O) groups is 1. The Morgan fingerprint density at radius 2 is 1.73 bits per heavy atom. The van der Waals surface area contributed by atoms with E-state index in [-0.39, 0.29) is 30.5 Å². The lowest BCUT2D eigenvalue weighted by atomic mass is 10.1. The molecule has 0 saturated carbocycles. The smallest absolute Gasteiger partial charge is 0.290 e. The predicted octanol–water partition coefficient (Wildman–Crippen LogP) is 0.778. The van der Waals surface area contributed by atoms with Crippen molar-refractivity contribution in [3.05, 3.63) is 93.3 Å². The van der Waals surface area contributed by atoms with Crippen molar-refractivity contribution in [3.63, 3.8) is 0 Å². The number of nitro benzene ring substituents is 1. The van der Waals surface area contributed by atoms with Gasteiger partial charge in [-0.25, -0.2) is 0 Å². The van der Waals surface area contributed by atoms with Crippen molar-refractivity contribution in [3.8, 4) is 5.75 Å². The molecule has 0 radical (unpaired) electrons. The average Bonchev–Trinajstić information content (AvgIpc) is 2.70. The van der Waals surface area contributed by atoms with Crippen molar-refractivity contribution >= 4 is 28.9 Å². The summed E-state index contributed by atoms with van der Waals surface area (Å²) in [5, 5.41) is 13.9. The number of anilines is 1. The molecule has 7 nitrogen and oxygen atoms in total. The van der Waals surface area contributed by atoms with Crippen LogP contribution < -0.4 is 27.0 Å². The van der Waals surface area contributed by atoms with Crippen LogP contribution in [0.25, 0.3) is 0 Å². The molecule has 1 N–H and O–H groups in total. The van der Waals surface area contributed by atoms with Gasteiger partial charge in [-0.1, -0.05) is 23.7 Å². The molecule has 0 fully saturated rings. The number of amides is 1. The molecular formula is C21H19Cl2N3O4. The van der Waals surface area contributed by atoms with Crippen LogP contribution in [0.2, 0.25) is 5.02 Å². The minimum atomic E-state index is -0.417. The van der Waals surface area contributed by atoms with E-state index in [1.54, 1.807) is 34.9 Å². The zero-order chi connectivity index (χ0) is 20.8. The molecule has 0 bridgehead atoms. The Bertz CT molecular complexity index is 1030. The minimum absolute atomic E-state index is 0. The summed E-state index contributed by atoms with van der Waals surface area (Å²) in [6, 6.07) is 15.4. The van der Waals surface area contributed by atoms with Crippen LogP contribution in [0.1, 0.15) is 11.1 Å². The van der Waals surface area contributed by atoms with Crippen LogP contribution in [0.3, 0.4) is 0 Å². The second-order valence-corrected chi connectivity index (χ2v) is 6.78. The predicted molar refractivity (Wildman–Crippen MR) is 109 cm³/mol. The molecule has 30 heavy (non-hydrogen) atoms. The molecular weight excluding hydrogens is 429 g/mol. The summed E-state index contributed by atoms with van der Waals surface area (Å²) in [6.07, 6.45) is 4.29. The lowest BCUT2D eigenvalue weighted by Gasteiger charge is -2.07. The molecule has 0 aliphatic carbocycles. The SMILES string of the molecule is COc1ccc(NC(=O)C[n+]2ccc(Cc3ccc([N+](=O)[O-])cc3)cc2)cc1Cl.[Cl-]. The van der Waals surface area contributed by atoms with Crippen LogP contribution in [0.15, 0.2) is 67.0 Å². The van der Waals surface area contributed by atoms with Gasteiger partial charge in [-0.3, -0.25) is 14.9 Å². The fourth-order valence-corrected chi connectivity index (χ4v) is 3.05. The molecule has 0 saturated heterocycles. The maximum absolute atomic E-state index is 12.2. The lowest BCUT2D eigenvalue weighted by Crippen LogP contribution is -3.00. The lowest BCUT2D eigenvalue weighted by molar-refractivity contribution is -0.684. The zero-order valence-electron chi connectivity index (χ0n) is 16.0. The van der Waals surface area contributed by atoms with E-state index in [1.165, 1.54) is 19.2 Å². The van der Waals surface area contributed by atoms with Gasteiger partial charge in [0.1, 0.15) is 5.75 Å². The summed E-state index contributed by atoms with van der Waals surface area (Å²) in [5.74, 6) is 0.363. The van der Waals surface area contributed by atoms with Crippen molar-refractivity contribution < 1.29 is 31.4 Å². The van der Waals surface area contributed by atoms with Gasteiger partial charge in [-0.15, -0.1) is 0 Å². The van der Waals surface area contributed by atoms with E-state index in [0.29, 0.717) is 22.9 Å². The van der Waals surface area contributed by atoms with Crippen molar-refractivity contribution in [1.29, 1.82) is 0 Å². The number of hydrogen-bond acceptors (Lipinski definition) is 4. The number of benzene rings is 2. The third-order valence-electron chi connectivity index (χ3n) is 4.28. The highest BCUT2D eigenvalue weighted by Gasteiger charge is 2.11. The second-order valence-electron chi connectivity index (χ2n) is 6.38. The maximum atomic E-state index is 12.2. The van der Waals surface area contributed by atoms with Crippen LogP contribution in [0.4, 0.5) is 11.4 Å². The number of nitrogens with zero attached hydrogens (tertiary/aromatic N) is 2. The molecule has 0 spiro atoms. The van der Waals surface area contributed by atoms with Gasteiger partial charge in [-0.2, -0.15) is 4.57 Å². The Balaban J connectivity index is 0.00000320. The summed E-state index contributed by atoms with van der Waals surface area (Å²) in [4.78, 5) is 22.5. The monoisotopic (exact) mass is 447 g/mol. The highest BCUT2D eigenvalue weighted by Crippen LogP contribution is 2.27. The minimum Gasteiger partial charge on any atom is -1.00 e. The van der Waals surface area contributed by atoms with Gasteiger partial charge < -0.3 is 22.5 Å². The third kappa shape index (κ3) is 6.17. The number of nitrogens with one attached hydrogen (secondary N) is 1. The van der Waals surface area contributed by atoms with Gasteiger partial charge in [0.15, 0.2) is 12.4 Å². The van der Waals surface area contributed by atoms with E-state index >= 15 is 0 Å². The molecule has 9 heteroatoms. The van der Waals surface area contributed by atoms with Crippen molar-refractivity contribution in [1.82, 2.24) is 0 Å². The number of pyridine rings is 1. The summed E-state index contributed by atoms with van der Waals surface area (Å²) in [6.45, 7) is 0.154. The molecule has 0 aliphatic heterocycles. The van der Waals surface area contributed by atoms with Gasteiger partial charge in [0.05, 0.1) is 17.1 Å². The molecule has 2 aromatic carbocycles. The Kier molecular flexibility index (Phi) is 8.15. The number of non-ortho nitro benzene ring substituents is 1. The summed E-state index contributed by atoms with van der Waals surface area (Å²) in [7, 11) is 1.53. The van der Waals surface area contributed by atoms with Crippen molar-refractivity contribution in [2.45, 2.75) is 13.0 Å². The summed E-state index contributed by atoms with van der Waals surface area (Å²) in [5.41, 5.74) is 2.68. The first kappa shape index (κ1) is 23.1. The molecule has 156 valence electrons. The molecule has 1 amide bonds. The van der Waals surface area contributed by atoms with E-state index in [1.807, 2.05) is 24.5 Å². The zero-order valence-corrected chi connectivity index (χ0v) is 17.6. The second kappa shape index (κ2) is 10.6. The number of methoxy groups -OCH3 is 1. The highest BCUT2D eigenvalue weighted by molar-refractivity contribution is 6.32. The number of hydrogen-bond donors (Lipinski definition) is 1. The van der Waals surface area contributed by atoms with Gasteiger partial charge >= 0.3 is 0 Å². The first-order chi connectivity index (χ1) is 13.9. The van der Waals surface area contributed by atoms with E-state index in [0.717, 1.165) is 11.1 Å². The van der Waals surface area contributed by atoms with Gasteiger partial charge in [0.25, 0.3) is 11.6 Å². The number of rotatable bonds is 7. The number of halogens is 2. The van der Waals surface area contributed by atoms with Crippen LogP contribution in [-0.2, 0) is 17.8 Å². The average molecular weight is 448 g/mol. The van der Waals surface area contributed by atoms with E-state index in [2.05, 4.69) is 5.32 Å². The quantitative estimate of drug-likeness (QED) is 0.329. The van der Waals surface area contributed by atoms with Gasteiger partial charge in [0, 0.05) is 30.0 Å². The Morgan fingerprint density at radius 3 is 2.30 bits per heavy atom. The number of carbonyl (C=O) groups excluding carboxylic acids is 1. The first-order valence-electron chi connectivity index (χ1n) is 8.79. The molecule has 0 unspecified atom stereocenters. The van der Waals surface area contributed by atoms with E-state index < -0.39 is 4.92 Å². The van der Waals surface area contributed by atoms with E-state index in [9.17, 15) is 14.9 Å². The van der Waals surface area contributed by atoms with Gasteiger partial charge in [-0.05, 0) is 35.7 Å². The topological polar surface area (TPSA) is 85.3 Å². The third-order valence-corrected chi connectivity index (χ3v) is 4.57. The van der Waals surface area contributed by atoms with Crippen LogP contribution in [-0.4, -0.2) is 17.9 Å². The molecule has 1 aromatic heterocycles. The largest absolute Gasteiger partial charge is 1.00 e. The van der Waals surface area contributed by atoms with Gasteiger partial charge in [0.2, 0.25) is 6.54 Å². The maximum Gasteiger partial charge on any atom is 0.290 e. The fourth-order valence-electron chi connectivity index (χ4n) is 2.79. The molecule has 3 aromatic rings. The number of aromatic nitrogens is 1. The Hall–Kier alpha value is -3.16. The highest BCUT2D eigenvalue weighted by atomic mass is 35.5. The molecule has 1 heterocycles. The van der Waals surface area contributed by atoms with Crippen molar-refractivity contribution in [2.24, 2.45) is 0 Å². The molecule has 0 atom stereocenters.